The van der Waals surface area contributed by atoms with Crippen molar-refractivity contribution in [3.05, 3.63) is 52.0 Å². The number of benzene rings is 1. The molecule has 2 rings (SSSR count). The maximum absolute atomic E-state index is 11.7. The highest BCUT2D eigenvalue weighted by molar-refractivity contribution is 7.09. The fourth-order valence-electron chi connectivity index (χ4n) is 1.85. The van der Waals surface area contributed by atoms with Gasteiger partial charge in [0.15, 0.2) is 0 Å². The van der Waals surface area contributed by atoms with E-state index in [0.717, 1.165) is 22.7 Å². The summed E-state index contributed by atoms with van der Waals surface area (Å²) in [5.41, 5.74) is 1.84. The minimum atomic E-state index is -0.383. The fraction of sp³-hybridized carbons (Fsp3) is 0.312. The molecule has 0 bridgehead atoms. The number of urea groups is 1. The van der Waals surface area contributed by atoms with E-state index in [4.69, 9.17) is 0 Å². The van der Waals surface area contributed by atoms with Gasteiger partial charge in [0, 0.05) is 11.9 Å². The van der Waals surface area contributed by atoms with Crippen LogP contribution in [-0.4, -0.2) is 23.5 Å². The number of rotatable bonds is 7. The highest BCUT2D eigenvalue weighted by Gasteiger charge is 2.06. The Morgan fingerprint density at radius 2 is 1.87 bits per heavy atom. The molecule has 122 valence electrons. The van der Waals surface area contributed by atoms with E-state index < -0.39 is 0 Å². The number of carbonyl (C=O) groups excluding carboxylic acids is 2. The Morgan fingerprint density at radius 3 is 2.57 bits per heavy atom. The van der Waals surface area contributed by atoms with E-state index in [1.807, 2.05) is 42.6 Å². The maximum Gasteiger partial charge on any atom is 0.315 e. The van der Waals surface area contributed by atoms with Crippen molar-refractivity contribution in [3.63, 3.8) is 0 Å². The zero-order chi connectivity index (χ0) is 16.5. The summed E-state index contributed by atoms with van der Waals surface area (Å²) in [4.78, 5) is 27.7. The quantitative estimate of drug-likeness (QED) is 0.723. The van der Waals surface area contributed by atoms with Gasteiger partial charge in [-0.25, -0.2) is 9.78 Å². The maximum atomic E-state index is 11.7. The van der Waals surface area contributed by atoms with Crippen molar-refractivity contribution in [2.24, 2.45) is 0 Å². The molecule has 0 atom stereocenters. The van der Waals surface area contributed by atoms with Gasteiger partial charge in [-0.1, -0.05) is 37.3 Å². The van der Waals surface area contributed by atoms with Crippen molar-refractivity contribution in [1.29, 1.82) is 0 Å². The van der Waals surface area contributed by atoms with E-state index >= 15 is 0 Å². The summed E-state index contributed by atoms with van der Waals surface area (Å²) in [7, 11) is 0. The third kappa shape index (κ3) is 6.07. The summed E-state index contributed by atoms with van der Waals surface area (Å²) < 4.78 is 0. The van der Waals surface area contributed by atoms with Crippen LogP contribution in [0.2, 0.25) is 0 Å². The van der Waals surface area contributed by atoms with E-state index in [9.17, 15) is 9.59 Å². The largest absolute Gasteiger partial charge is 0.350 e. The second kappa shape index (κ2) is 8.89. The molecule has 0 aliphatic carbocycles. The lowest BCUT2D eigenvalue weighted by molar-refractivity contribution is -0.120. The van der Waals surface area contributed by atoms with Crippen molar-refractivity contribution in [3.8, 4) is 0 Å². The molecule has 23 heavy (non-hydrogen) atoms. The predicted octanol–water partition coefficient (Wildman–Crippen LogP) is 1.82. The number of hydrogen-bond donors (Lipinski definition) is 3. The molecule has 6 nitrogen and oxygen atoms in total. The topological polar surface area (TPSA) is 83.1 Å². The minimum absolute atomic E-state index is 0.0596. The second-order valence-electron chi connectivity index (χ2n) is 4.88. The van der Waals surface area contributed by atoms with Crippen LogP contribution in [0.15, 0.2) is 35.7 Å². The van der Waals surface area contributed by atoms with E-state index in [1.165, 1.54) is 0 Å². The van der Waals surface area contributed by atoms with Gasteiger partial charge in [-0.2, -0.15) is 0 Å². The van der Waals surface area contributed by atoms with Gasteiger partial charge in [0.2, 0.25) is 5.91 Å². The summed E-state index contributed by atoms with van der Waals surface area (Å²) in [5.74, 6) is -0.231. The SMILES string of the molecule is CCc1nc(CNC(=O)NCC(=O)NCc2ccccc2)cs1. The molecule has 1 heterocycles. The number of nitrogens with zero attached hydrogens (tertiary/aromatic N) is 1. The summed E-state index contributed by atoms with van der Waals surface area (Å²) in [6.07, 6.45) is 0.887. The predicted molar refractivity (Wildman–Crippen MR) is 90.0 cm³/mol. The first kappa shape index (κ1) is 17.0. The average Bonchev–Trinajstić information content (AvgIpc) is 3.05. The Hall–Kier alpha value is -2.41. The molecule has 1 aromatic carbocycles. The third-order valence-corrected chi connectivity index (χ3v) is 4.12. The Bertz CT molecular complexity index is 643. The van der Waals surface area contributed by atoms with E-state index in [-0.39, 0.29) is 18.5 Å². The van der Waals surface area contributed by atoms with Crippen LogP contribution in [0.1, 0.15) is 23.2 Å². The van der Waals surface area contributed by atoms with Gasteiger partial charge in [-0.15, -0.1) is 11.3 Å². The number of nitrogens with one attached hydrogen (secondary N) is 3. The molecule has 0 spiro atoms. The van der Waals surface area contributed by atoms with Gasteiger partial charge in [-0.05, 0) is 12.0 Å². The van der Waals surface area contributed by atoms with Crippen molar-refractivity contribution in [2.75, 3.05) is 6.54 Å². The molecule has 7 heteroatoms. The van der Waals surface area contributed by atoms with Crippen molar-refractivity contribution < 1.29 is 9.59 Å². The second-order valence-corrected chi connectivity index (χ2v) is 5.83. The lowest BCUT2D eigenvalue weighted by Gasteiger charge is -2.08. The number of thiazole rings is 1. The molecule has 1 aromatic heterocycles. The molecule has 0 saturated heterocycles. The van der Waals surface area contributed by atoms with Crippen LogP contribution in [0.5, 0.6) is 0 Å². The molecule has 0 unspecified atom stereocenters. The zero-order valence-corrected chi connectivity index (χ0v) is 13.8. The van der Waals surface area contributed by atoms with Gasteiger partial charge >= 0.3 is 6.03 Å². The Balaban J connectivity index is 1.62. The van der Waals surface area contributed by atoms with Crippen LogP contribution in [0.4, 0.5) is 4.79 Å². The highest BCUT2D eigenvalue weighted by Crippen LogP contribution is 2.09. The fourth-order valence-corrected chi connectivity index (χ4v) is 2.59. The number of amides is 3. The smallest absolute Gasteiger partial charge is 0.315 e. The van der Waals surface area contributed by atoms with Crippen LogP contribution in [0.25, 0.3) is 0 Å². The van der Waals surface area contributed by atoms with Gasteiger partial charge in [-0.3, -0.25) is 4.79 Å². The third-order valence-electron chi connectivity index (χ3n) is 3.07. The van der Waals surface area contributed by atoms with Crippen LogP contribution in [0.3, 0.4) is 0 Å². The van der Waals surface area contributed by atoms with E-state index in [2.05, 4.69) is 20.9 Å². The Kier molecular flexibility index (Phi) is 6.56. The molecule has 0 fully saturated rings. The minimum Gasteiger partial charge on any atom is -0.350 e. The number of aromatic nitrogens is 1. The number of carbonyl (C=O) groups is 2. The zero-order valence-electron chi connectivity index (χ0n) is 13.0. The van der Waals surface area contributed by atoms with Gasteiger partial charge < -0.3 is 16.0 Å². The molecule has 3 amide bonds. The molecule has 0 saturated carbocycles. The summed E-state index contributed by atoms with van der Waals surface area (Å²) in [5, 5.41) is 10.9. The first-order valence-electron chi connectivity index (χ1n) is 7.43. The normalized spacial score (nSPS) is 10.1. The van der Waals surface area contributed by atoms with E-state index in [0.29, 0.717) is 13.1 Å². The van der Waals surface area contributed by atoms with Gasteiger partial charge in [0.25, 0.3) is 0 Å². The monoisotopic (exact) mass is 332 g/mol. The first-order valence-corrected chi connectivity index (χ1v) is 8.31. The van der Waals surface area contributed by atoms with Crippen molar-refractivity contribution in [1.82, 2.24) is 20.9 Å². The van der Waals surface area contributed by atoms with E-state index in [1.54, 1.807) is 11.3 Å². The molecule has 3 N–H and O–H groups in total. The van der Waals surface area contributed by atoms with Crippen LogP contribution in [0, 0.1) is 0 Å². The lowest BCUT2D eigenvalue weighted by atomic mass is 10.2. The lowest BCUT2D eigenvalue weighted by Crippen LogP contribution is -2.41. The Labute approximate surface area is 139 Å². The summed E-state index contributed by atoms with van der Waals surface area (Å²) >= 11 is 1.58. The molecule has 2 aromatic rings. The average molecular weight is 332 g/mol. The molecule has 0 radical (unpaired) electrons. The number of aryl methyl sites for hydroxylation is 1. The number of hydrogen-bond acceptors (Lipinski definition) is 4. The van der Waals surface area contributed by atoms with Crippen molar-refractivity contribution >= 4 is 23.3 Å². The molecular weight excluding hydrogens is 312 g/mol. The summed E-state index contributed by atoms with van der Waals surface area (Å²) in [6.45, 7) is 2.78. The highest BCUT2D eigenvalue weighted by atomic mass is 32.1. The van der Waals surface area contributed by atoms with Crippen LogP contribution >= 0.6 is 11.3 Å². The molecule has 0 aliphatic rings. The standard InChI is InChI=1S/C16H20N4O2S/c1-2-15-20-13(11-23-15)9-18-16(22)19-10-14(21)17-8-12-6-4-3-5-7-12/h3-7,11H,2,8-10H2,1H3,(H,17,21)(H2,18,19,22). The summed E-state index contributed by atoms with van der Waals surface area (Å²) in [6, 6.07) is 9.22. The van der Waals surface area contributed by atoms with Crippen LogP contribution in [-0.2, 0) is 24.3 Å². The molecular formula is C16H20N4O2S. The Morgan fingerprint density at radius 1 is 1.09 bits per heavy atom. The van der Waals surface area contributed by atoms with Crippen molar-refractivity contribution in [2.45, 2.75) is 26.4 Å². The van der Waals surface area contributed by atoms with Gasteiger partial charge in [0.1, 0.15) is 0 Å². The molecule has 0 aliphatic heterocycles. The van der Waals surface area contributed by atoms with Crippen LogP contribution < -0.4 is 16.0 Å². The first-order chi connectivity index (χ1) is 11.2. The van der Waals surface area contributed by atoms with Gasteiger partial charge in [0.05, 0.1) is 23.8 Å².